The summed E-state index contributed by atoms with van der Waals surface area (Å²) in [6.07, 6.45) is 2.22. The molecular weight excluding hydrogens is 270 g/mol. The van der Waals surface area contributed by atoms with Gasteiger partial charge in [-0.25, -0.2) is 9.97 Å². The summed E-state index contributed by atoms with van der Waals surface area (Å²) >= 11 is 0. The first-order chi connectivity index (χ1) is 10.3. The van der Waals surface area contributed by atoms with E-state index in [1.54, 1.807) is 0 Å². The highest BCUT2D eigenvalue weighted by molar-refractivity contribution is 5.83. The summed E-state index contributed by atoms with van der Waals surface area (Å²) < 4.78 is 10.7. The molecule has 2 aromatic rings. The van der Waals surface area contributed by atoms with Crippen LogP contribution in [0.4, 0.5) is 0 Å². The maximum absolute atomic E-state index is 11.7. The Bertz CT molecular complexity index is 584. The van der Waals surface area contributed by atoms with E-state index in [9.17, 15) is 4.79 Å². The Kier molecular flexibility index (Phi) is 5.90. The van der Waals surface area contributed by atoms with Gasteiger partial charge in [-0.2, -0.15) is 0 Å². The molecule has 0 bridgehead atoms. The van der Waals surface area contributed by atoms with Gasteiger partial charge in [-0.3, -0.25) is 4.79 Å². The number of fused-ring (bicyclic) bond motifs is 1. The van der Waals surface area contributed by atoms with E-state index in [0.29, 0.717) is 25.6 Å². The second-order valence-corrected chi connectivity index (χ2v) is 4.39. The zero-order chi connectivity index (χ0) is 14.9. The summed E-state index contributed by atoms with van der Waals surface area (Å²) in [5.41, 5.74) is 0.791. The van der Waals surface area contributed by atoms with Crippen molar-refractivity contribution in [1.82, 2.24) is 15.3 Å². The van der Waals surface area contributed by atoms with Crippen LogP contribution in [0.2, 0.25) is 0 Å². The third-order valence-electron chi connectivity index (χ3n) is 2.84. The highest BCUT2D eigenvalue weighted by Crippen LogP contribution is 2.20. The summed E-state index contributed by atoms with van der Waals surface area (Å²) in [5.74, 6) is 0.249. The van der Waals surface area contributed by atoms with Crippen LogP contribution >= 0.6 is 0 Å². The fourth-order valence-corrected chi connectivity index (χ4v) is 1.83. The molecule has 1 N–H and O–H groups in total. The van der Waals surface area contributed by atoms with E-state index < -0.39 is 0 Å². The van der Waals surface area contributed by atoms with Crippen molar-refractivity contribution in [2.45, 2.75) is 13.3 Å². The summed E-state index contributed by atoms with van der Waals surface area (Å²) in [5, 5.41) is 3.57. The Morgan fingerprint density at radius 3 is 3.00 bits per heavy atom. The first-order valence-electron chi connectivity index (χ1n) is 6.98. The van der Waals surface area contributed by atoms with E-state index in [1.165, 1.54) is 6.33 Å². The predicted molar refractivity (Wildman–Crippen MR) is 79.2 cm³/mol. The Morgan fingerprint density at radius 1 is 1.29 bits per heavy atom. The molecule has 0 saturated heterocycles. The van der Waals surface area contributed by atoms with Gasteiger partial charge in [0.05, 0.1) is 10.9 Å². The summed E-state index contributed by atoms with van der Waals surface area (Å²) in [7, 11) is 0. The summed E-state index contributed by atoms with van der Waals surface area (Å²) in [6, 6.07) is 7.51. The molecule has 1 amide bonds. The van der Waals surface area contributed by atoms with Crippen molar-refractivity contribution in [3.05, 3.63) is 30.6 Å². The number of aromatic nitrogens is 2. The number of carbonyl (C=O) groups is 1. The van der Waals surface area contributed by atoms with Gasteiger partial charge in [-0.15, -0.1) is 0 Å². The molecule has 0 spiro atoms. The molecule has 6 heteroatoms. The smallest absolute Gasteiger partial charge is 0.258 e. The molecule has 0 aliphatic heterocycles. The second-order valence-electron chi connectivity index (χ2n) is 4.39. The first-order valence-corrected chi connectivity index (χ1v) is 6.98. The largest absolute Gasteiger partial charge is 0.467 e. The quantitative estimate of drug-likeness (QED) is 0.746. The fraction of sp³-hybridized carbons (Fsp3) is 0.400. The third-order valence-corrected chi connectivity index (χ3v) is 2.84. The van der Waals surface area contributed by atoms with E-state index >= 15 is 0 Å². The van der Waals surface area contributed by atoms with Crippen LogP contribution in [0.5, 0.6) is 5.88 Å². The van der Waals surface area contributed by atoms with E-state index in [1.807, 2.05) is 31.2 Å². The number of hydrogen-bond donors (Lipinski definition) is 1. The molecule has 1 aromatic heterocycles. The molecule has 1 heterocycles. The Labute approximate surface area is 123 Å². The number of ether oxygens (including phenoxy) is 2. The first kappa shape index (κ1) is 15.2. The molecule has 0 fully saturated rings. The minimum absolute atomic E-state index is 0.0599. The third kappa shape index (κ3) is 4.68. The molecule has 21 heavy (non-hydrogen) atoms. The minimum atomic E-state index is -0.172. The Hall–Kier alpha value is -2.21. The Balaban J connectivity index is 1.80. The maximum Gasteiger partial charge on any atom is 0.258 e. The lowest BCUT2D eigenvalue weighted by molar-refractivity contribution is -0.123. The van der Waals surface area contributed by atoms with Gasteiger partial charge in [0.25, 0.3) is 5.91 Å². The second kappa shape index (κ2) is 8.16. The van der Waals surface area contributed by atoms with Crippen molar-refractivity contribution < 1.29 is 14.3 Å². The molecule has 6 nitrogen and oxygen atoms in total. The number of nitrogens with zero attached hydrogens (tertiary/aromatic N) is 2. The van der Waals surface area contributed by atoms with Crippen molar-refractivity contribution >= 4 is 16.8 Å². The highest BCUT2D eigenvalue weighted by Gasteiger charge is 2.07. The van der Waals surface area contributed by atoms with Gasteiger partial charge in [-0.05, 0) is 25.5 Å². The topological polar surface area (TPSA) is 73.3 Å². The van der Waals surface area contributed by atoms with Crippen molar-refractivity contribution in [2.75, 3.05) is 26.4 Å². The van der Waals surface area contributed by atoms with Crippen LogP contribution in [0.3, 0.4) is 0 Å². The van der Waals surface area contributed by atoms with Crippen LogP contribution in [0.1, 0.15) is 13.3 Å². The Morgan fingerprint density at radius 2 is 2.14 bits per heavy atom. The lowest BCUT2D eigenvalue weighted by Gasteiger charge is -2.08. The molecule has 0 aliphatic carbocycles. The molecule has 0 radical (unpaired) electrons. The minimum Gasteiger partial charge on any atom is -0.467 e. The number of para-hydroxylation sites is 1. The predicted octanol–water partition coefficient (Wildman–Crippen LogP) is 1.55. The number of rotatable bonds is 8. The van der Waals surface area contributed by atoms with Crippen molar-refractivity contribution in [3.63, 3.8) is 0 Å². The van der Waals surface area contributed by atoms with Crippen LogP contribution in [-0.4, -0.2) is 42.2 Å². The fourth-order valence-electron chi connectivity index (χ4n) is 1.83. The van der Waals surface area contributed by atoms with Crippen LogP contribution in [-0.2, 0) is 9.53 Å². The molecule has 112 valence electrons. The van der Waals surface area contributed by atoms with E-state index in [-0.39, 0.29) is 12.5 Å². The number of nitrogens with one attached hydrogen (secondary N) is 1. The van der Waals surface area contributed by atoms with Gasteiger partial charge in [0.1, 0.15) is 6.33 Å². The maximum atomic E-state index is 11.7. The lowest BCUT2D eigenvalue weighted by Crippen LogP contribution is -2.30. The zero-order valence-corrected chi connectivity index (χ0v) is 12.0. The lowest BCUT2D eigenvalue weighted by atomic mass is 10.2. The van der Waals surface area contributed by atoms with Crippen molar-refractivity contribution in [2.24, 2.45) is 0 Å². The molecule has 0 atom stereocenters. The number of amides is 1. The average molecular weight is 289 g/mol. The number of carbonyl (C=O) groups excluding carboxylic acids is 1. The molecule has 1 aromatic carbocycles. The van der Waals surface area contributed by atoms with E-state index in [0.717, 1.165) is 17.3 Å². The SMILES string of the molecule is CCOCCCNC(=O)COc1ncnc2ccccc12. The average Bonchev–Trinajstić information content (AvgIpc) is 2.52. The monoisotopic (exact) mass is 289 g/mol. The van der Waals surface area contributed by atoms with Crippen molar-refractivity contribution in [1.29, 1.82) is 0 Å². The molecule has 0 saturated carbocycles. The summed E-state index contributed by atoms with van der Waals surface area (Å²) in [6.45, 7) is 3.80. The zero-order valence-electron chi connectivity index (χ0n) is 12.0. The van der Waals surface area contributed by atoms with Gasteiger partial charge in [-0.1, -0.05) is 12.1 Å². The number of hydrogen-bond acceptors (Lipinski definition) is 5. The van der Waals surface area contributed by atoms with Crippen LogP contribution in [0, 0.1) is 0 Å². The van der Waals surface area contributed by atoms with E-state index in [2.05, 4.69) is 15.3 Å². The van der Waals surface area contributed by atoms with Crippen molar-refractivity contribution in [3.8, 4) is 5.88 Å². The van der Waals surface area contributed by atoms with Gasteiger partial charge in [0.2, 0.25) is 5.88 Å². The van der Waals surface area contributed by atoms with Gasteiger partial charge in [0, 0.05) is 19.8 Å². The standard InChI is InChI=1S/C15H19N3O3/c1-2-20-9-5-8-16-14(19)10-21-15-12-6-3-4-7-13(12)17-11-18-15/h3-4,6-7,11H,2,5,8-10H2,1H3,(H,16,19). The molecule has 2 rings (SSSR count). The van der Waals surface area contributed by atoms with Crippen LogP contribution in [0.25, 0.3) is 10.9 Å². The summed E-state index contributed by atoms with van der Waals surface area (Å²) in [4.78, 5) is 19.9. The van der Waals surface area contributed by atoms with Gasteiger partial charge < -0.3 is 14.8 Å². The van der Waals surface area contributed by atoms with Gasteiger partial charge in [0.15, 0.2) is 6.61 Å². The van der Waals surface area contributed by atoms with E-state index in [4.69, 9.17) is 9.47 Å². The van der Waals surface area contributed by atoms with Gasteiger partial charge >= 0.3 is 0 Å². The molecule has 0 unspecified atom stereocenters. The molecule has 0 aliphatic rings. The normalized spacial score (nSPS) is 10.5. The molecular formula is C15H19N3O3. The van der Waals surface area contributed by atoms with Crippen LogP contribution in [0.15, 0.2) is 30.6 Å². The highest BCUT2D eigenvalue weighted by atomic mass is 16.5. The van der Waals surface area contributed by atoms with Crippen LogP contribution < -0.4 is 10.1 Å². The number of benzene rings is 1.